The Bertz CT molecular complexity index is 937. The third-order valence-electron chi connectivity index (χ3n) is 6.57. The van der Waals surface area contributed by atoms with Crippen LogP contribution in [0.4, 0.5) is 17.2 Å². The summed E-state index contributed by atoms with van der Waals surface area (Å²) in [5.41, 5.74) is 0.789. The number of aromatic nitrogens is 1. The molecule has 0 unspecified atom stereocenters. The lowest BCUT2D eigenvalue weighted by atomic mass is 9.93. The molecule has 2 saturated heterocycles. The van der Waals surface area contributed by atoms with Crippen molar-refractivity contribution in [3.05, 3.63) is 58.3 Å². The zero-order valence-electron chi connectivity index (χ0n) is 18.4. The minimum Gasteiger partial charge on any atom is -0.355 e. The van der Waals surface area contributed by atoms with Crippen LogP contribution in [-0.2, 0) is 0 Å². The van der Waals surface area contributed by atoms with Crippen LogP contribution in [0.2, 0.25) is 0 Å². The fraction of sp³-hybridized carbons (Fsp3) is 0.500. The normalized spacial score (nSPS) is 17.8. The summed E-state index contributed by atoms with van der Waals surface area (Å²) in [6, 6.07) is 9.39. The number of nitro benzene ring substituents is 1. The second-order valence-corrected chi connectivity index (χ2v) is 8.76. The second-order valence-electron chi connectivity index (χ2n) is 8.76. The lowest BCUT2D eigenvalue weighted by Gasteiger charge is -2.35. The van der Waals surface area contributed by atoms with E-state index in [1.54, 1.807) is 18.3 Å². The first kappa shape index (κ1) is 22.2. The number of hydrogen-bond donors (Lipinski definition) is 1. The quantitative estimate of drug-likeness (QED) is 0.512. The van der Waals surface area contributed by atoms with Gasteiger partial charge in [0.05, 0.1) is 10.6 Å². The molecule has 0 radical (unpaired) electrons. The number of benzene rings is 1. The first-order chi connectivity index (χ1) is 15.6. The van der Waals surface area contributed by atoms with Gasteiger partial charge in [0.25, 0.3) is 11.6 Å². The van der Waals surface area contributed by atoms with Crippen LogP contribution in [0.15, 0.2) is 42.6 Å². The fourth-order valence-corrected chi connectivity index (χ4v) is 4.68. The molecule has 32 heavy (non-hydrogen) atoms. The van der Waals surface area contributed by atoms with E-state index >= 15 is 0 Å². The Balaban J connectivity index is 1.35. The summed E-state index contributed by atoms with van der Waals surface area (Å²) in [6.07, 6.45) is 9.30. The number of non-ortho nitro benzene ring substituents is 1. The van der Waals surface area contributed by atoms with Gasteiger partial charge in [-0.2, -0.15) is 0 Å². The Morgan fingerprint density at radius 1 is 1.09 bits per heavy atom. The predicted molar refractivity (Wildman–Crippen MR) is 125 cm³/mol. The molecule has 0 saturated carbocycles. The fourth-order valence-electron chi connectivity index (χ4n) is 4.68. The molecule has 4 rings (SSSR count). The molecule has 0 spiro atoms. The number of amides is 1. The number of hydrogen-bond acceptors (Lipinski definition) is 6. The minimum absolute atomic E-state index is 0.101. The highest BCUT2D eigenvalue weighted by atomic mass is 16.6. The minimum atomic E-state index is -0.498. The standard InChI is InChI=1S/C24H31N5O3/c30-24(20-6-4-7-21(18-20)29(31)32)26-22-8-5-12-25-23(22)28-16-10-19(11-17-28)9-15-27-13-2-1-3-14-27/h4-8,12,18-19H,1-3,9-11,13-17H2,(H,26,30). The van der Waals surface area contributed by atoms with Crippen molar-refractivity contribution in [1.82, 2.24) is 9.88 Å². The molecule has 1 aromatic carbocycles. The van der Waals surface area contributed by atoms with Crippen molar-refractivity contribution in [2.45, 2.75) is 38.5 Å². The van der Waals surface area contributed by atoms with E-state index in [1.807, 2.05) is 6.07 Å². The van der Waals surface area contributed by atoms with Crippen molar-refractivity contribution >= 4 is 23.1 Å². The zero-order valence-corrected chi connectivity index (χ0v) is 18.4. The Morgan fingerprint density at radius 2 is 1.88 bits per heavy atom. The number of nitrogens with one attached hydrogen (secondary N) is 1. The van der Waals surface area contributed by atoms with Crippen LogP contribution in [-0.4, -0.2) is 53.4 Å². The average Bonchev–Trinajstić information content (AvgIpc) is 2.84. The molecule has 1 aromatic heterocycles. The lowest BCUT2D eigenvalue weighted by molar-refractivity contribution is -0.384. The van der Waals surface area contributed by atoms with Gasteiger partial charge < -0.3 is 15.1 Å². The monoisotopic (exact) mass is 437 g/mol. The van der Waals surface area contributed by atoms with Crippen LogP contribution < -0.4 is 10.2 Å². The lowest BCUT2D eigenvalue weighted by Crippen LogP contribution is -2.37. The maximum absolute atomic E-state index is 12.7. The smallest absolute Gasteiger partial charge is 0.270 e. The molecule has 8 heteroatoms. The summed E-state index contributed by atoms with van der Waals surface area (Å²) in [5, 5.41) is 13.9. The number of likely N-dealkylation sites (tertiary alicyclic amines) is 1. The van der Waals surface area contributed by atoms with Crippen LogP contribution in [0.5, 0.6) is 0 Å². The van der Waals surface area contributed by atoms with E-state index in [1.165, 1.54) is 63.5 Å². The summed E-state index contributed by atoms with van der Waals surface area (Å²) in [5.74, 6) is 1.12. The predicted octanol–water partition coefficient (Wildman–Crippen LogP) is 4.33. The van der Waals surface area contributed by atoms with Gasteiger partial charge in [-0.25, -0.2) is 4.98 Å². The van der Waals surface area contributed by atoms with Crippen molar-refractivity contribution < 1.29 is 9.72 Å². The molecule has 0 bridgehead atoms. The third kappa shape index (κ3) is 5.62. The second kappa shape index (κ2) is 10.5. The van der Waals surface area contributed by atoms with Crippen molar-refractivity contribution in [3.8, 4) is 0 Å². The van der Waals surface area contributed by atoms with E-state index < -0.39 is 4.92 Å². The van der Waals surface area contributed by atoms with Gasteiger partial charge in [0.2, 0.25) is 0 Å². The number of rotatable bonds is 7. The third-order valence-corrected chi connectivity index (χ3v) is 6.57. The average molecular weight is 438 g/mol. The van der Waals surface area contributed by atoms with Crippen LogP contribution >= 0.6 is 0 Å². The molecule has 1 amide bonds. The summed E-state index contributed by atoms with van der Waals surface area (Å²) in [4.78, 5) is 32.6. The van der Waals surface area contributed by atoms with E-state index in [0.29, 0.717) is 5.69 Å². The molecule has 1 N–H and O–H groups in total. The maximum Gasteiger partial charge on any atom is 0.270 e. The first-order valence-electron chi connectivity index (χ1n) is 11.6. The van der Waals surface area contributed by atoms with Gasteiger partial charge in [-0.05, 0) is 75.9 Å². The highest BCUT2D eigenvalue weighted by Crippen LogP contribution is 2.29. The SMILES string of the molecule is O=C(Nc1cccnc1N1CCC(CCN2CCCCC2)CC1)c1cccc([N+](=O)[O-])c1. The summed E-state index contributed by atoms with van der Waals surface area (Å²) >= 11 is 0. The number of anilines is 2. The number of carbonyl (C=O) groups excluding carboxylic acids is 1. The molecule has 3 heterocycles. The highest BCUT2D eigenvalue weighted by Gasteiger charge is 2.23. The van der Waals surface area contributed by atoms with Gasteiger partial charge in [-0.3, -0.25) is 14.9 Å². The number of carbonyl (C=O) groups is 1. The van der Waals surface area contributed by atoms with Gasteiger partial charge in [-0.15, -0.1) is 0 Å². The molecular weight excluding hydrogens is 406 g/mol. The zero-order chi connectivity index (χ0) is 22.3. The number of pyridine rings is 1. The maximum atomic E-state index is 12.7. The Labute approximate surface area is 188 Å². The van der Waals surface area contributed by atoms with Crippen molar-refractivity contribution in [3.63, 3.8) is 0 Å². The topological polar surface area (TPSA) is 91.6 Å². The molecule has 170 valence electrons. The summed E-state index contributed by atoms with van der Waals surface area (Å²) in [6.45, 7) is 5.54. The van der Waals surface area contributed by atoms with Crippen LogP contribution in [0.3, 0.4) is 0 Å². The first-order valence-corrected chi connectivity index (χ1v) is 11.6. The van der Waals surface area contributed by atoms with E-state index in [0.717, 1.165) is 37.7 Å². The van der Waals surface area contributed by atoms with Crippen LogP contribution in [0.25, 0.3) is 0 Å². The molecule has 2 aliphatic rings. The van der Waals surface area contributed by atoms with E-state index in [4.69, 9.17) is 0 Å². The van der Waals surface area contributed by atoms with Crippen molar-refractivity contribution in [2.75, 3.05) is 42.9 Å². The van der Waals surface area contributed by atoms with E-state index in [2.05, 4.69) is 20.1 Å². The van der Waals surface area contributed by atoms with Crippen LogP contribution in [0, 0.1) is 16.0 Å². The molecular formula is C24H31N5O3. The van der Waals surface area contributed by atoms with Crippen LogP contribution in [0.1, 0.15) is 48.9 Å². The molecule has 2 aliphatic heterocycles. The molecule has 2 fully saturated rings. The molecule has 8 nitrogen and oxygen atoms in total. The summed E-state index contributed by atoms with van der Waals surface area (Å²) in [7, 11) is 0. The highest BCUT2D eigenvalue weighted by molar-refractivity contribution is 6.06. The van der Waals surface area contributed by atoms with Gasteiger partial charge in [0.15, 0.2) is 5.82 Å². The van der Waals surface area contributed by atoms with E-state index in [9.17, 15) is 14.9 Å². The summed E-state index contributed by atoms with van der Waals surface area (Å²) < 4.78 is 0. The van der Waals surface area contributed by atoms with Crippen molar-refractivity contribution in [1.29, 1.82) is 0 Å². The van der Waals surface area contributed by atoms with Gasteiger partial charge in [-0.1, -0.05) is 12.5 Å². The molecule has 2 aromatic rings. The van der Waals surface area contributed by atoms with Gasteiger partial charge >= 0.3 is 0 Å². The Morgan fingerprint density at radius 3 is 2.62 bits per heavy atom. The Hall–Kier alpha value is -3.00. The number of nitrogens with zero attached hydrogens (tertiary/aromatic N) is 4. The Kier molecular flexibility index (Phi) is 7.32. The number of piperidine rings is 2. The van der Waals surface area contributed by atoms with Crippen molar-refractivity contribution in [2.24, 2.45) is 5.92 Å². The molecule has 0 atom stereocenters. The van der Waals surface area contributed by atoms with Gasteiger partial charge in [0.1, 0.15) is 0 Å². The molecule has 0 aliphatic carbocycles. The number of nitro groups is 1. The largest absolute Gasteiger partial charge is 0.355 e. The van der Waals surface area contributed by atoms with Gasteiger partial charge in [0, 0.05) is 37.0 Å². The van der Waals surface area contributed by atoms with E-state index in [-0.39, 0.29) is 17.2 Å².